The molecule has 3 heterocycles. The summed E-state index contributed by atoms with van der Waals surface area (Å²) in [5.74, 6) is 0.710. The van der Waals surface area contributed by atoms with Crippen LogP contribution >= 0.6 is 11.3 Å². The van der Waals surface area contributed by atoms with Gasteiger partial charge in [-0.2, -0.15) is 0 Å². The summed E-state index contributed by atoms with van der Waals surface area (Å²) < 4.78 is 2.53. The summed E-state index contributed by atoms with van der Waals surface area (Å²) in [6.07, 6.45) is 1.82. The second kappa shape index (κ2) is 9.08. The van der Waals surface area contributed by atoms with Crippen LogP contribution in [0.2, 0.25) is 0 Å². The highest BCUT2D eigenvalue weighted by Crippen LogP contribution is 2.40. The molecule has 0 atom stereocenters. The molecule has 7 aromatic rings. The molecule has 3 aromatic heterocycles. The molecule has 37 heavy (non-hydrogen) atoms. The molecule has 0 unspecified atom stereocenters. The average Bonchev–Trinajstić information content (AvgIpc) is 3.37. The number of pyridine rings is 1. The minimum atomic E-state index is 0.710. The van der Waals surface area contributed by atoms with Crippen molar-refractivity contribution in [3.63, 3.8) is 0 Å². The van der Waals surface area contributed by atoms with Gasteiger partial charge in [-0.1, -0.05) is 97.1 Å². The van der Waals surface area contributed by atoms with Crippen molar-refractivity contribution in [2.24, 2.45) is 0 Å². The monoisotopic (exact) mass is 491 g/mol. The molecule has 0 N–H and O–H groups in total. The number of benzene rings is 4. The Morgan fingerprint density at radius 3 is 2.03 bits per heavy atom. The summed E-state index contributed by atoms with van der Waals surface area (Å²) >= 11 is 1.82. The molecule has 0 amide bonds. The predicted molar refractivity (Wildman–Crippen MR) is 154 cm³/mol. The standard InChI is InChI=1S/C33H21N3S/c1-2-9-22(10-3-1)29-21-30(27-13-8-12-26-25-11-4-5-15-31(25)37-32(26)27)36-33(35-29)24-18-16-23(17-19-24)28-14-6-7-20-34-28/h1-21H. The SMILES string of the molecule is c1ccc(-c2cc(-c3cccc4c3sc3ccccc34)nc(-c3ccc(-c4ccccn4)cc3)n2)cc1. The number of hydrogen-bond acceptors (Lipinski definition) is 4. The van der Waals surface area contributed by atoms with Crippen LogP contribution in [0.25, 0.3) is 65.3 Å². The molecule has 0 aliphatic heterocycles. The third-order valence-corrected chi connectivity index (χ3v) is 7.80. The van der Waals surface area contributed by atoms with Crippen LogP contribution in [0.1, 0.15) is 0 Å². The van der Waals surface area contributed by atoms with Gasteiger partial charge in [0.15, 0.2) is 5.82 Å². The molecule has 0 bridgehead atoms. The van der Waals surface area contributed by atoms with Crippen LogP contribution in [0.5, 0.6) is 0 Å². The Hall–Kier alpha value is -4.67. The molecular weight excluding hydrogens is 470 g/mol. The van der Waals surface area contributed by atoms with E-state index in [0.29, 0.717) is 5.82 Å². The number of rotatable bonds is 4. The van der Waals surface area contributed by atoms with Crippen molar-refractivity contribution >= 4 is 31.5 Å². The summed E-state index contributed by atoms with van der Waals surface area (Å²) in [7, 11) is 0. The summed E-state index contributed by atoms with van der Waals surface area (Å²) in [5, 5.41) is 2.55. The lowest BCUT2D eigenvalue weighted by molar-refractivity contribution is 1.18. The summed E-state index contributed by atoms with van der Waals surface area (Å²) in [6.45, 7) is 0. The first-order chi connectivity index (χ1) is 18.3. The molecule has 7 rings (SSSR count). The van der Waals surface area contributed by atoms with E-state index in [1.165, 1.54) is 20.2 Å². The molecule has 4 aromatic carbocycles. The Labute approximate surface area is 218 Å². The molecule has 0 aliphatic carbocycles. The molecule has 174 valence electrons. The van der Waals surface area contributed by atoms with Gasteiger partial charge in [0.05, 0.1) is 17.1 Å². The van der Waals surface area contributed by atoms with E-state index in [4.69, 9.17) is 9.97 Å². The van der Waals surface area contributed by atoms with Gasteiger partial charge in [0.1, 0.15) is 0 Å². The number of nitrogens with zero attached hydrogens (tertiary/aromatic N) is 3. The Morgan fingerprint density at radius 2 is 1.19 bits per heavy atom. The Morgan fingerprint density at radius 1 is 0.486 bits per heavy atom. The van der Waals surface area contributed by atoms with Crippen LogP contribution in [0.3, 0.4) is 0 Å². The molecule has 0 aliphatic rings. The maximum Gasteiger partial charge on any atom is 0.160 e. The van der Waals surface area contributed by atoms with Gasteiger partial charge in [-0.3, -0.25) is 4.98 Å². The normalized spacial score (nSPS) is 11.2. The lowest BCUT2D eigenvalue weighted by Crippen LogP contribution is -1.96. The summed E-state index contributed by atoms with van der Waals surface area (Å²) in [4.78, 5) is 14.6. The average molecular weight is 492 g/mol. The van der Waals surface area contributed by atoms with Gasteiger partial charge in [-0.05, 0) is 24.3 Å². The quantitative estimate of drug-likeness (QED) is 0.247. The predicted octanol–water partition coefficient (Wildman–Crippen LogP) is 8.91. The van der Waals surface area contributed by atoms with Gasteiger partial charge in [0.25, 0.3) is 0 Å². The van der Waals surface area contributed by atoms with E-state index in [0.717, 1.165) is 39.3 Å². The zero-order chi connectivity index (χ0) is 24.6. The fourth-order valence-corrected chi connectivity index (χ4v) is 5.97. The molecule has 0 radical (unpaired) electrons. The molecule has 0 fully saturated rings. The van der Waals surface area contributed by atoms with Crippen molar-refractivity contribution < 1.29 is 0 Å². The second-order valence-corrected chi connectivity index (χ2v) is 9.95. The van der Waals surface area contributed by atoms with Crippen molar-refractivity contribution in [2.75, 3.05) is 0 Å². The zero-order valence-corrected chi connectivity index (χ0v) is 20.7. The Bertz CT molecular complexity index is 1860. The van der Waals surface area contributed by atoms with Crippen LogP contribution in [0.15, 0.2) is 128 Å². The van der Waals surface area contributed by atoms with Crippen LogP contribution in [-0.4, -0.2) is 15.0 Å². The first-order valence-corrected chi connectivity index (χ1v) is 13.0. The fraction of sp³-hybridized carbons (Fsp3) is 0. The lowest BCUT2D eigenvalue weighted by atomic mass is 10.0. The van der Waals surface area contributed by atoms with E-state index < -0.39 is 0 Å². The van der Waals surface area contributed by atoms with Crippen LogP contribution in [-0.2, 0) is 0 Å². The van der Waals surface area contributed by atoms with Crippen molar-refractivity contribution in [1.29, 1.82) is 0 Å². The van der Waals surface area contributed by atoms with E-state index in [-0.39, 0.29) is 0 Å². The van der Waals surface area contributed by atoms with Crippen LogP contribution in [0, 0.1) is 0 Å². The van der Waals surface area contributed by atoms with Gasteiger partial charge >= 0.3 is 0 Å². The summed E-state index contributed by atoms with van der Waals surface area (Å²) in [6, 6.07) is 41.8. The number of fused-ring (bicyclic) bond motifs is 3. The van der Waals surface area contributed by atoms with Crippen LogP contribution in [0.4, 0.5) is 0 Å². The van der Waals surface area contributed by atoms with E-state index in [2.05, 4.69) is 89.9 Å². The number of hydrogen-bond donors (Lipinski definition) is 0. The molecule has 0 spiro atoms. The van der Waals surface area contributed by atoms with Crippen molar-refractivity contribution in [3.8, 4) is 45.2 Å². The van der Waals surface area contributed by atoms with Gasteiger partial charge in [0.2, 0.25) is 0 Å². The molecule has 0 saturated carbocycles. The van der Waals surface area contributed by atoms with Crippen LogP contribution < -0.4 is 0 Å². The minimum absolute atomic E-state index is 0.710. The van der Waals surface area contributed by atoms with Crippen molar-refractivity contribution in [1.82, 2.24) is 15.0 Å². The fourth-order valence-electron chi connectivity index (χ4n) is 4.74. The van der Waals surface area contributed by atoms with E-state index in [9.17, 15) is 0 Å². The van der Waals surface area contributed by atoms with Crippen molar-refractivity contribution in [2.45, 2.75) is 0 Å². The van der Waals surface area contributed by atoms with Gasteiger partial charge in [-0.15, -0.1) is 11.3 Å². The maximum atomic E-state index is 5.10. The first-order valence-electron chi connectivity index (χ1n) is 12.2. The highest BCUT2D eigenvalue weighted by Gasteiger charge is 2.15. The number of aromatic nitrogens is 3. The largest absolute Gasteiger partial charge is 0.256 e. The smallest absolute Gasteiger partial charge is 0.160 e. The van der Waals surface area contributed by atoms with Gasteiger partial charge in [-0.25, -0.2) is 9.97 Å². The first kappa shape index (κ1) is 21.6. The van der Waals surface area contributed by atoms with E-state index in [1.807, 2.05) is 53.9 Å². The molecule has 3 nitrogen and oxygen atoms in total. The topological polar surface area (TPSA) is 38.7 Å². The van der Waals surface area contributed by atoms with Crippen molar-refractivity contribution in [3.05, 3.63) is 128 Å². The molecular formula is C33H21N3S. The molecule has 0 saturated heterocycles. The van der Waals surface area contributed by atoms with E-state index >= 15 is 0 Å². The van der Waals surface area contributed by atoms with E-state index in [1.54, 1.807) is 0 Å². The summed E-state index contributed by atoms with van der Waals surface area (Å²) in [5.41, 5.74) is 7.03. The third kappa shape index (κ3) is 3.98. The highest BCUT2D eigenvalue weighted by atomic mass is 32.1. The maximum absolute atomic E-state index is 5.10. The Balaban J connectivity index is 1.41. The molecule has 4 heteroatoms. The zero-order valence-electron chi connectivity index (χ0n) is 19.9. The number of thiophene rings is 1. The third-order valence-electron chi connectivity index (χ3n) is 6.58. The Kier molecular flexibility index (Phi) is 5.30. The van der Waals surface area contributed by atoms with Gasteiger partial charge < -0.3 is 0 Å². The highest BCUT2D eigenvalue weighted by molar-refractivity contribution is 7.26. The minimum Gasteiger partial charge on any atom is -0.256 e. The lowest BCUT2D eigenvalue weighted by Gasteiger charge is -2.10. The second-order valence-electron chi connectivity index (χ2n) is 8.90. The van der Waals surface area contributed by atoms with Gasteiger partial charge in [0, 0.05) is 48.6 Å².